The van der Waals surface area contributed by atoms with Crippen LogP contribution >= 0.6 is 11.8 Å². The molecular weight excluding hydrogens is 282 g/mol. The van der Waals surface area contributed by atoms with Gasteiger partial charge in [-0.15, -0.1) is 0 Å². The maximum Gasteiger partial charge on any atom is 0.191 e. The zero-order valence-electron chi connectivity index (χ0n) is 13.4. The van der Waals surface area contributed by atoms with E-state index >= 15 is 0 Å². The van der Waals surface area contributed by atoms with Gasteiger partial charge in [0, 0.05) is 25.4 Å². The van der Waals surface area contributed by atoms with Crippen LogP contribution in [-0.4, -0.2) is 49.8 Å². The zero-order chi connectivity index (χ0) is 14.8. The first-order valence-electron chi connectivity index (χ1n) is 8.55. The van der Waals surface area contributed by atoms with Gasteiger partial charge in [0.25, 0.3) is 0 Å². The smallest absolute Gasteiger partial charge is 0.191 e. The average molecular weight is 314 g/mol. The highest BCUT2D eigenvalue weighted by Crippen LogP contribution is 2.19. The predicted molar refractivity (Wildman–Crippen MR) is 92.3 cm³/mol. The molecule has 1 heterocycles. The third kappa shape index (κ3) is 6.92. The topological polar surface area (TPSA) is 45.7 Å². The Kier molecular flexibility index (Phi) is 8.33. The molecule has 2 fully saturated rings. The summed E-state index contributed by atoms with van der Waals surface area (Å²) < 4.78 is 6.00. The van der Waals surface area contributed by atoms with E-state index in [0.717, 1.165) is 19.1 Å². The Morgan fingerprint density at radius 3 is 2.62 bits per heavy atom. The molecule has 0 aromatic heterocycles. The van der Waals surface area contributed by atoms with Crippen molar-refractivity contribution in [3.8, 4) is 0 Å². The number of nitrogens with one attached hydrogen (secondary N) is 2. The number of ether oxygens (including phenoxy) is 1. The van der Waals surface area contributed by atoms with Gasteiger partial charge < -0.3 is 15.4 Å². The highest BCUT2D eigenvalue weighted by molar-refractivity contribution is 7.99. The van der Waals surface area contributed by atoms with Crippen molar-refractivity contribution < 1.29 is 4.74 Å². The number of rotatable bonds is 5. The van der Waals surface area contributed by atoms with Gasteiger partial charge in [-0.05, 0) is 31.4 Å². The molecule has 2 aliphatic rings. The first-order chi connectivity index (χ1) is 10.4. The summed E-state index contributed by atoms with van der Waals surface area (Å²) in [6, 6.07) is 0.567. The average Bonchev–Trinajstić information content (AvgIpc) is 2.80. The first kappa shape index (κ1) is 16.9. The summed E-state index contributed by atoms with van der Waals surface area (Å²) in [5.41, 5.74) is 0. The van der Waals surface area contributed by atoms with Gasteiger partial charge in [-0.1, -0.05) is 25.7 Å². The molecule has 4 nitrogen and oxygen atoms in total. The fourth-order valence-electron chi connectivity index (χ4n) is 3.05. The van der Waals surface area contributed by atoms with Crippen molar-refractivity contribution in [2.75, 3.05) is 31.7 Å². The number of hydrogen-bond donors (Lipinski definition) is 2. The van der Waals surface area contributed by atoms with Crippen molar-refractivity contribution >= 4 is 17.7 Å². The summed E-state index contributed by atoms with van der Waals surface area (Å²) in [5.74, 6) is 3.42. The number of hydrogen-bond acceptors (Lipinski definition) is 3. The molecule has 5 heteroatoms. The van der Waals surface area contributed by atoms with Gasteiger partial charge in [0.15, 0.2) is 5.96 Å². The Bertz CT molecular complexity index is 298. The van der Waals surface area contributed by atoms with Crippen LogP contribution in [0.5, 0.6) is 0 Å². The molecule has 1 atom stereocenters. The SMILES string of the molecule is CN=C(NCCOC1CCCCCC1)NC1CCCSC1. The van der Waals surface area contributed by atoms with Gasteiger partial charge in [0.2, 0.25) is 0 Å². The zero-order valence-corrected chi connectivity index (χ0v) is 14.2. The summed E-state index contributed by atoms with van der Waals surface area (Å²) in [5, 5.41) is 6.89. The molecule has 0 amide bonds. The van der Waals surface area contributed by atoms with Gasteiger partial charge in [0.05, 0.1) is 12.7 Å². The molecule has 1 aliphatic heterocycles. The van der Waals surface area contributed by atoms with E-state index < -0.39 is 0 Å². The van der Waals surface area contributed by atoms with E-state index in [9.17, 15) is 0 Å². The van der Waals surface area contributed by atoms with Crippen LogP contribution in [0.25, 0.3) is 0 Å². The van der Waals surface area contributed by atoms with E-state index in [1.54, 1.807) is 0 Å². The maximum absolute atomic E-state index is 6.00. The summed E-state index contributed by atoms with van der Waals surface area (Å²) >= 11 is 2.03. The maximum atomic E-state index is 6.00. The second kappa shape index (κ2) is 10.3. The van der Waals surface area contributed by atoms with Crippen molar-refractivity contribution in [2.24, 2.45) is 4.99 Å². The molecule has 122 valence electrons. The van der Waals surface area contributed by atoms with Crippen LogP contribution in [0.1, 0.15) is 51.4 Å². The lowest BCUT2D eigenvalue weighted by molar-refractivity contribution is 0.0468. The molecule has 0 spiro atoms. The number of thioether (sulfide) groups is 1. The van der Waals surface area contributed by atoms with Crippen molar-refractivity contribution in [3.05, 3.63) is 0 Å². The number of guanidine groups is 1. The van der Waals surface area contributed by atoms with Crippen LogP contribution in [0.4, 0.5) is 0 Å². The Hall–Kier alpha value is -0.420. The van der Waals surface area contributed by atoms with E-state index in [-0.39, 0.29) is 0 Å². The molecule has 1 unspecified atom stereocenters. The molecule has 0 bridgehead atoms. The van der Waals surface area contributed by atoms with Crippen molar-refractivity contribution in [1.82, 2.24) is 10.6 Å². The molecule has 1 saturated carbocycles. The largest absolute Gasteiger partial charge is 0.376 e. The lowest BCUT2D eigenvalue weighted by Crippen LogP contribution is -2.46. The van der Waals surface area contributed by atoms with E-state index in [1.807, 2.05) is 18.8 Å². The van der Waals surface area contributed by atoms with Crippen LogP contribution in [-0.2, 0) is 4.74 Å². The normalized spacial score (nSPS) is 25.4. The van der Waals surface area contributed by atoms with Gasteiger partial charge in [-0.25, -0.2) is 0 Å². The third-order valence-electron chi connectivity index (χ3n) is 4.28. The van der Waals surface area contributed by atoms with E-state index in [4.69, 9.17) is 4.74 Å². The standard InChI is InChI=1S/C16H31N3OS/c1-17-16(19-14-7-6-12-21-13-14)18-10-11-20-15-8-4-2-3-5-9-15/h14-15H,2-13H2,1H3,(H2,17,18,19). The number of aliphatic imine (C=N–C) groups is 1. The van der Waals surface area contributed by atoms with Crippen LogP contribution in [0.3, 0.4) is 0 Å². The van der Waals surface area contributed by atoms with Crippen LogP contribution in [0.15, 0.2) is 4.99 Å². The summed E-state index contributed by atoms with van der Waals surface area (Å²) in [6.45, 7) is 1.63. The Labute approximate surface area is 133 Å². The summed E-state index contributed by atoms with van der Waals surface area (Å²) in [6.07, 6.45) is 11.0. The van der Waals surface area contributed by atoms with Crippen molar-refractivity contribution in [2.45, 2.75) is 63.5 Å². The Morgan fingerprint density at radius 1 is 1.14 bits per heavy atom. The summed E-state index contributed by atoms with van der Waals surface area (Å²) in [4.78, 5) is 4.31. The second-order valence-electron chi connectivity index (χ2n) is 6.04. The van der Waals surface area contributed by atoms with Crippen LogP contribution in [0, 0.1) is 0 Å². The van der Waals surface area contributed by atoms with Crippen molar-refractivity contribution in [3.63, 3.8) is 0 Å². The summed E-state index contributed by atoms with van der Waals surface area (Å²) in [7, 11) is 1.84. The van der Waals surface area contributed by atoms with Gasteiger partial charge in [0.1, 0.15) is 0 Å². The molecule has 1 aliphatic carbocycles. The van der Waals surface area contributed by atoms with Crippen LogP contribution < -0.4 is 10.6 Å². The second-order valence-corrected chi connectivity index (χ2v) is 7.19. The molecule has 0 aromatic carbocycles. The predicted octanol–water partition coefficient (Wildman–Crippen LogP) is 2.79. The lowest BCUT2D eigenvalue weighted by atomic mass is 10.1. The first-order valence-corrected chi connectivity index (χ1v) is 9.70. The van der Waals surface area contributed by atoms with Crippen LogP contribution in [0.2, 0.25) is 0 Å². The highest BCUT2D eigenvalue weighted by atomic mass is 32.2. The molecular formula is C16H31N3OS. The Morgan fingerprint density at radius 2 is 1.95 bits per heavy atom. The lowest BCUT2D eigenvalue weighted by Gasteiger charge is -2.24. The molecule has 2 N–H and O–H groups in total. The fraction of sp³-hybridized carbons (Fsp3) is 0.938. The third-order valence-corrected chi connectivity index (χ3v) is 5.49. The number of nitrogens with zero attached hydrogens (tertiary/aromatic N) is 1. The van der Waals surface area contributed by atoms with E-state index in [0.29, 0.717) is 12.1 Å². The molecule has 1 saturated heterocycles. The highest BCUT2D eigenvalue weighted by Gasteiger charge is 2.15. The molecule has 21 heavy (non-hydrogen) atoms. The minimum Gasteiger partial charge on any atom is -0.376 e. The molecule has 0 radical (unpaired) electrons. The van der Waals surface area contributed by atoms with Crippen molar-refractivity contribution in [1.29, 1.82) is 0 Å². The minimum atomic E-state index is 0.485. The van der Waals surface area contributed by atoms with Gasteiger partial charge in [-0.3, -0.25) is 4.99 Å². The minimum absolute atomic E-state index is 0.485. The van der Waals surface area contributed by atoms with E-state index in [2.05, 4.69) is 15.6 Å². The monoisotopic (exact) mass is 313 g/mol. The molecule has 0 aromatic rings. The Balaban J connectivity index is 1.57. The van der Waals surface area contributed by atoms with Gasteiger partial charge in [-0.2, -0.15) is 11.8 Å². The van der Waals surface area contributed by atoms with E-state index in [1.165, 1.54) is 62.9 Å². The quantitative estimate of drug-likeness (QED) is 0.355. The van der Waals surface area contributed by atoms with Gasteiger partial charge >= 0.3 is 0 Å². The fourth-order valence-corrected chi connectivity index (χ4v) is 4.12. The molecule has 2 rings (SSSR count).